The van der Waals surface area contributed by atoms with Crippen molar-refractivity contribution >= 4 is 17.3 Å². The minimum Gasteiger partial charge on any atom is -0.477 e. The van der Waals surface area contributed by atoms with Gasteiger partial charge in [-0.2, -0.15) is 13.2 Å². The predicted octanol–water partition coefficient (Wildman–Crippen LogP) is 4.13. The Morgan fingerprint density at radius 2 is 1.72 bits per heavy atom. The first-order valence-corrected chi connectivity index (χ1v) is 5.76. The molecule has 2 nitrogen and oxygen atoms in total. The van der Waals surface area contributed by atoms with Crippen LogP contribution in [0.2, 0.25) is 0 Å². The van der Waals surface area contributed by atoms with Gasteiger partial charge in [0.15, 0.2) is 0 Å². The molecule has 0 aliphatic rings. The molecule has 0 radical (unpaired) electrons. The summed E-state index contributed by atoms with van der Waals surface area (Å²) in [5.74, 6) is -1.08. The smallest absolute Gasteiger partial charge is 0.416 e. The average Bonchev–Trinajstić information content (AvgIpc) is 2.77. The molecular formula is C12H7F3O2S. The summed E-state index contributed by atoms with van der Waals surface area (Å²) in [6, 6.07) is 6.02. The third kappa shape index (κ3) is 2.38. The number of hydrogen-bond donors (Lipinski definition) is 1. The monoisotopic (exact) mass is 272 g/mol. The number of rotatable bonds is 2. The molecule has 2 aromatic rings. The average molecular weight is 272 g/mol. The zero-order valence-corrected chi connectivity index (χ0v) is 9.68. The van der Waals surface area contributed by atoms with Crippen LogP contribution in [-0.4, -0.2) is 11.1 Å². The van der Waals surface area contributed by atoms with Crippen molar-refractivity contribution in [2.45, 2.75) is 6.18 Å². The van der Waals surface area contributed by atoms with E-state index in [1.807, 2.05) is 0 Å². The highest BCUT2D eigenvalue weighted by Crippen LogP contribution is 2.33. The van der Waals surface area contributed by atoms with Gasteiger partial charge in [0.05, 0.1) is 5.56 Å². The minimum absolute atomic E-state index is 0.120. The number of halogens is 3. The molecule has 2 rings (SSSR count). The van der Waals surface area contributed by atoms with Crippen LogP contribution in [0.1, 0.15) is 15.2 Å². The molecule has 0 spiro atoms. The largest absolute Gasteiger partial charge is 0.477 e. The fourth-order valence-corrected chi connectivity index (χ4v) is 2.29. The fraction of sp³-hybridized carbons (Fsp3) is 0.0833. The number of hydrogen-bond acceptors (Lipinski definition) is 2. The molecule has 0 bridgehead atoms. The molecule has 1 N–H and O–H groups in total. The van der Waals surface area contributed by atoms with Crippen LogP contribution in [-0.2, 0) is 6.18 Å². The van der Waals surface area contributed by atoms with Crippen LogP contribution in [0.5, 0.6) is 0 Å². The Hall–Kier alpha value is -1.82. The first-order chi connectivity index (χ1) is 8.39. The SMILES string of the molecule is O=C(O)c1sccc1-c1ccc(C(F)(F)F)cc1. The highest BCUT2D eigenvalue weighted by atomic mass is 32.1. The Morgan fingerprint density at radius 1 is 1.11 bits per heavy atom. The van der Waals surface area contributed by atoms with E-state index in [4.69, 9.17) is 5.11 Å². The number of carboxylic acid groups (broad SMARTS) is 1. The Balaban J connectivity index is 2.41. The van der Waals surface area contributed by atoms with E-state index >= 15 is 0 Å². The normalized spacial score (nSPS) is 11.5. The van der Waals surface area contributed by atoms with Crippen LogP contribution in [0.4, 0.5) is 13.2 Å². The quantitative estimate of drug-likeness (QED) is 0.892. The number of aromatic carboxylic acids is 1. The number of carbonyl (C=O) groups is 1. The summed E-state index contributed by atoms with van der Waals surface area (Å²) in [5, 5.41) is 10.5. The second-order valence-corrected chi connectivity index (χ2v) is 4.46. The van der Waals surface area contributed by atoms with Crippen LogP contribution in [0.15, 0.2) is 35.7 Å². The Kier molecular flexibility index (Phi) is 3.13. The summed E-state index contributed by atoms with van der Waals surface area (Å²) in [4.78, 5) is 11.0. The van der Waals surface area contributed by atoms with E-state index in [2.05, 4.69) is 0 Å². The topological polar surface area (TPSA) is 37.3 Å². The summed E-state index contributed by atoms with van der Waals surface area (Å²) in [5.41, 5.74) is 0.140. The van der Waals surface area contributed by atoms with E-state index in [9.17, 15) is 18.0 Å². The zero-order chi connectivity index (χ0) is 13.3. The van der Waals surface area contributed by atoms with E-state index < -0.39 is 17.7 Å². The van der Waals surface area contributed by atoms with E-state index in [0.717, 1.165) is 23.5 Å². The van der Waals surface area contributed by atoms with Crippen molar-refractivity contribution in [1.29, 1.82) is 0 Å². The summed E-state index contributed by atoms with van der Waals surface area (Å²) in [7, 11) is 0. The lowest BCUT2D eigenvalue weighted by molar-refractivity contribution is -0.137. The maximum Gasteiger partial charge on any atom is 0.416 e. The van der Waals surface area contributed by atoms with Crippen molar-refractivity contribution in [3.63, 3.8) is 0 Å². The molecule has 1 heterocycles. The van der Waals surface area contributed by atoms with Crippen LogP contribution < -0.4 is 0 Å². The molecule has 0 atom stereocenters. The van der Waals surface area contributed by atoms with Crippen molar-refractivity contribution in [3.8, 4) is 11.1 Å². The van der Waals surface area contributed by atoms with E-state index in [-0.39, 0.29) is 4.88 Å². The highest BCUT2D eigenvalue weighted by Gasteiger charge is 2.30. The summed E-state index contributed by atoms with van der Waals surface area (Å²) >= 11 is 1.04. The third-order valence-electron chi connectivity index (χ3n) is 2.38. The van der Waals surface area contributed by atoms with Crippen LogP contribution in [0.3, 0.4) is 0 Å². The van der Waals surface area contributed by atoms with Crippen molar-refractivity contribution in [1.82, 2.24) is 0 Å². The van der Waals surface area contributed by atoms with Crippen molar-refractivity contribution in [2.75, 3.05) is 0 Å². The van der Waals surface area contributed by atoms with Gasteiger partial charge in [0.2, 0.25) is 0 Å². The Labute approximate surface area is 104 Å². The van der Waals surface area contributed by atoms with Crippen molar-refractivity contribution in [2.24, 2.45) is 0 Å². The molecule has 0 unspecified atom stereocenters. The van der Waals surface area contributed by atoms with Crippen LogP contribution in [0.25, 0.3) is 11.1 Å². The molecule has 6 heteroatoms. The molecule has 94 valence electrons. The minimum atomic E-state index is -4.39. The second kappa shape index (κ2) is 4.45. The molecule has 1 aromatic carbocycles. The molecule has 0 aliphatic carbocycles. The van der Waals surface area contributed by atoms with Gasteiger partial charge in [-0.15, -0.1) is 11.3 Å². The van der Waals surface area contributed by atoms with Gasteiger partial charge in [0.1, 0.15) is 4.88 Å². The number of thiophene rings is 1. The predicted molar refractivity (Wildman–Crippen MR) is 61.7 cm³/mol. The van der Waals surface area contributed by atoms with Gasteiger partial charge in [0.25, 0.3) is 0 Å². The lowest BCUT2D eigenvalue weighted by Gasteiger charge is -2.07. The maximum atomic E-state index is 12.4. The molecule has 0 saturated heterocycles. The lowest BCUT2D eigenvalue weighted by Crippen LogP contribution is -2.04. The Bertz CT molecular complexity index is 570. The summed E-state index contributed by atoms with van der Waals surface area (Å²) in [6.07, 6.45) is -4.39. The van der Waals surface area contributed by atoms with Crippen LogP contribution in [0, 0.1) is 0 Å². The van der Waals surface area contributed by atoms with E-state index in [0.29, 0.717) is 11.1 Å². The molecule has 1 aromatic heterocycles. The Morgan fingerprint density at radius 3 is 2.22 bits per heavy atom. The highest BCUT2D eigenvalue weighted by molar-refractivity contribution is 7.12. The van der Waals surface area contributed by atoms with Gasteiger partial charge in [-0.3, -0.25) is 0 Å². The molecule has 18 heavy (non-hydrogen) atoms. The van der Waals surface area contributed by atoms with Gasteiger partial charge < -0.3 is 5.11 Å². The zero-order valence-electron chi connectivity index (χ0n) is 8.86. The third-order valence-corrected chi connectivity index (χ3v) is 3.29. The number of alkyl halides is 3. The molecule has 0 amide bonds. The molecule has 0 fully saturated rings. The van der Waals surface area contributed by atoms with Gasteiger partial charge in [-0.1, -0.05) is 12.1 Å². The first kappa shape index (κ1) is 12.6. The van der Waals surface area contributed by atoms with Gasteiger partial charge in [0, 0.05) is 5.56 Å². The standard InChI is InChI=1S/C12H7F3O2S/c13-12(14,15)8-3-1-7(2-4-8)9-5-6-18-10(9)11(16)17/h1-6H,(H,16,17). The summed E-state index contributed by atoms with van der Waals surface area (Å²) in [6.45, 7) is 0. The number of benzene rings is 1. The molecular weight excluding hydrogens is 265 g/mol. The van der Waals surface area contributed by atoms with Crippen molar-refractivity contribution < 1.29 is 23.1 Å². The number of carboxylic acids is 1. The van der Waals surface area contributed by atoms with E-state index in [1.165, 1.54) is 12.1 Å². The van der Waals surface area contributed by atoms with Crippen LogP contribution >= 0.6 is 11.3 Å². The van der Waals surface area contributed by atoms with Gasteiger partial charge in [-0.05, 0) is 29.1 Å². The second-order valence-electron chi connectivity index (χ2n) is 3.54. The van der Waals surface area contributed by atoms with Gasteiger partial charge >= 0.3 is 12.1 Å². The van der Waals surface area contributed by atoms with E-state index in [1.54, 1.807) is 11.4 Å². The first-order valence-electron chi connectivity index (χ1n) is 4.88. The van der Waals surface area contributed by atoms with Crippen molar-refractivity contribution in [3.05, 3.63) is 46.2 Å². The fourth-order valence-electron chi connectivity index (χ4n) is 1.54. The summed E-state index contributed by atoms with van der Waals surface area (Å²) < 4.78 is 37.1. The molecule has 0 aliphatic heterocycles. The van der Waals surface area contributed by atoms with Gasteiger partial charge in [-0.25, -0.2) is 4.79 Å². The maximum absolute atomic E-state index is 12.4. The molecule has 0 saturated carbocycles. The lowest BCUT2D eigenvalue weighted by atomic mass is 10.0.